The van der Waals surface area contributed by atoms with Crippen molar-refractivity contribution in [2.75, 3.05) is 56.2 Å². The van der Waals surface area contributed by atoms with E-state index in [1.807, 2.05) is 20.2 Å². The van der Waals surface area contributed by atoms with Crippen LogP contribution >= 0.6 is 0 Å². The van der Waals surface area contributed by atoms with Crippen molar-refractivity contribution in [1.29, 1.82) is 0 Å². The number of nitrogens with one attached hydrogen (secondary N) is 1. The minimum absolute atomic E-state index is 0.130. The van der Waals surface area contributed by atoms with Gasteiger partial charge in [-0.05, 0) is 46.0 Å². The second-order valence-electron chi connectivity index (χ2n) is 8.80. The highest BCUT2D eigenvalue weighted by Crippen LogP contribution is 2.41. The Morgan fingerprint density at radius 2 is 1.58 bits per heavy atom. The van der Waals surface area contributed by atoms with Gasteiger partial charge in [0.05, 0.1) is 22.5 Å². The van der Waals surface area contributed by atoms with Crippen molar-refractivity contribution >= 4 is 28.6 Å². The number of nitrogen functional groups attached to an aromatic ring is 1. The molecule has 0 atom stereocenters. The van der Waals surface area contributed by atoms with E-state index in [0.717, 1.165) is 56.8 Å². The molecule has 4 rings (SSSR count). The zero-order valence-electron chi connectivity index (χ0n) is 18.5. The molecule has 6 heteroatoms. The van der Waals surface area contributed by atoms with E-state index in [0.29, 0.717) is 27.9 Å². The van der Waals surface area contributed by atoms with Crippen LogP contribution < -0.4 is 16.0 Å². The molecule has 1 saturated heterocycles. The maximum atomic E-state index is 13.5. The van der Waals surface area contributed by atoms with Gasteiger partial charge in [-0.2, -0.15) is 0 Å². The van der Waals surface area contributed by atoms with E-state index in [-0.39, 0.29) is 11.6 Å². The molecule has 2 aliphatic rings. The van der Waals surface area contributed by atoms with Gasteiger partial charge in [0.25, 0.3) is 0 Å². The van der Waals surface area contributed by atoms with E-state index in [1.54, 1.807) is 24.3 Å². The molecule has 1 aliphatic carbocycles. The average Bonchev–Trinajstić information content (AvgIpc) is 3.05. The van der Waals surface area contributed by atoms with Gasteiger partial charge in [-0.25, -0.2) is 0 Å². The Morgan fingerprint density at radius 1 is 0.968 bits per heavy atom. The Bertz CT molecular complexity index is 991. The van der Waals surface area contributed by atoms with Crippen LogP contribution in [-0.4, -0.2) is 56.7 Å². The van der Waals surface area contributed by atoms with Crippen molar-refractivity contribution < 1.29 is 9.59 Å². The third-order valence-electron chi connectivity index (χ3n) is 6.26. The second kappa shape index (κ2) is 9.10. The minimum Gasteiger partial charge on any atom is -0.396 e. The van der Waals surface area contributed by atoms with Crippen molar-refractivity contribution in [3.63, 3.8) is 0 Å². The van der Waals surface area contributed by atoms with Crippen molar-refractivity contribution in [2.45, 2.75) is 32.1 Å². The fourth-order valence-corrected chi connectivity index (χ4v) is 4.64. The highest BCUT2D eigenvalue weighted by Gasteiger charge is 2.35. The smallest absolute Gasteiger partial charge is 0.196 e. The summed E-state index contributed by atoms with van der Waals surface area (Å²) >= 11 is 0. The van der Waals surface area contributed by atoms with Crippen LogP contribution in [0.3, 0.4) is 0 Å². The zero-order chi connectivity index (χ0) is 22.0. The molecule has 1 fully saturated rings. The highest BCUT2D eigenvalue weighted by atomic mass is 16.1. The van der Waals surface area contributed by atoms with Gasteiger partial charge in [0.1, 0.15) is 0 Å². The summed E-state index contributed by atoms with van der Waals surface area (Å²) in [6, 6.07) is 9.04. The number of rotatable bonds is 6. The first-order chi connectivity index (χ1) is 15.0. The fourth-order valence-electron chi connectivity index (χ4n) is 4.64. The van der Waals surface area contributed by atoms with E-state index in [1.165, 1.54) is 12.8 Å². The minimum atomic E-state index is -0.157. The maximum absolute atomic E-state index is 13.5. The molecular formula is C25H32N4O2. The number of fused-ring (bicyclic) bond motifs is 2. The van der Waals surface area contributed by atoms with Gasteiger partial charge in [0.15, 0.2) is 11.6 Å². The lowest BCUT2D eigenvalue weighted by atomic mass is 9.81. The Kier molecular flexibility index (Phi) is 6.28. The van der Waals surface area contributed by atoms with Gasteiger partial charge in [-0.1, -0.05) is 37.1 Å². The topological polar surface area (TPSA) is 78.7 Å². The molecule has 0 amide bonds. The summed E-state index contributed by atoms with van der Waals surface area (Å²) in [5.74, 6) is -0.287. The molecule has 6 nitrogen and oxygen atoms in total. The van der Waals surface area contributed by atoms with Crippen LogP contribution in [0.25, 0.3) is 0 Å². The Balaban J connectivity index is 1.80. The van der Waals surface area contributed by atoms with E-state index in [4.69, 9.17) is 5.73 Å². The number of hydrogen-bond acceptors (Lipinski definition) is 6. The van der Waals surface area contributed by atoms with E-state index >= 15 is 0 Å². The van der Waals surface area contributed by atoms with Crippen molar-refractivity contribution in [3.8, 4) is 0 Å². The molecule has 2 aromatic rings. The summed E-state index contributed by atoms with van der Waals surface area (Å²) in [5, 5.41) is 3.45. The third-order valence-corrected chi connectivity index (χ3v) is 6.26. The number of nitrogens with two attached hydrogens (primary N) is 1. The number of ketones is 2. The molecule has 0 bridgehead atoms. The predicted molar refractivity (Wildman–Crippen MR) is 127 cm³/mol. The molecule has 1 heterocycles. The van der Waals surface area contributed by atoms with Crippen LogP contribution in [0.4, 0.5) is 17.1 Å². The largest absolute Gasteiger partial charge is 0.396 e. The van der Waals surface area contributed by atoms with Crippen LogP contribution in [0.5, 0.6) is 0 Å². The molecule has 0 aromatic heterocycles. The van der Waals surface area contributed by atoms with Gasteiger partial charge < -0.3 is 20.9 Å². The van der Waals surface area contributed by atoms with Crippen molar-refractivity contribution in [1.82, 2.24) is 4.90 Å². The van der Waals surface area contributed by atoms with Gasteiger partial charge in [0.2, 0.25) is 0 Å². The summed E-state index contributed by atoms with van der Waals surface area (Å²) in [6.45, 7) is 3.50. The molecule has 3 N–H and O–H groups in total. The molecule has 0 saturated carbocycles. The van der Waals surface area contributed by atoms with Crippen LogP contribution in [0, 0.1) is 0 Å². The van der Waals surface area contributed by atoms with Crippen LogP contribution in [0.1, 0.15) is 63.9 Å². The van der Waals surface area contributed by atoms with Crippen LogP contribution in [0.2, 0.25) is 0 Å². The first-order valence-corrected chi connectivity index (χ1v) is 11.3. The van der Waals surface area contributed by atoms with E-state index in [9.17, 15) is 9.59 Å². The third kappa shape index (κ3) is 4.17. The summed E-state index contributed by atoms with van der Waals surface area (Å²) in [4.78, 5) is 31.3. The fraction of sp³-hybridized carbons (Fsp3) is 0.440. The number of anilines is 3. The summed E-state index contributed by atoms with van der Waals surface area (Å²) < 4.78 is 0. The van der Waals surface area contributed by atoms with Gasteiger partial charge in [-0.3, -0.25) is 9.59 Å². The number of nitrogens with zero attached hydrogens (tertiary/aromatic N) is 2. The molecule has 31 heavy (non-hydrogen) atoms. The van der Waals surface area contributed by atoms with Gasteiger partial charge >= 0.3 is 0 Å². The quantitative estimate of drug-likeness (QED) is 0.467. The number of benzene rings is 2. The number of carbonyl (C=O) groups is 2. The molecule has 0 unspecified atom stereocenters. The Labute approximate surface area is 184 Å². The Hall–Kier alpha value is -2.86. The monoisotopic (exact) mass is 420 g/mol. The summed E-state index contributed by atoms with van der Waals surface area (Å²) in [6.07, 6.45) is 5.57. The standard InChI is InChI=1S/C25H32N4O2/c1-28(2)13-9-12-27-19-16-20(29-14-7-3-4-8-15-29)23(26)22-21(19)24(30)17-10-5-6-11-18(17)25(22)31/h5-6,10-11,16,27H,3-4,7-9,12-15,26H2,1-2H3. The summed E-state index contributed by atoms with van der Waals surface area (Å²) in [5.41, 5.74) is 10.3. The molecule has 2 aromatic carbocycles. The molecule has 164 valence electrons. The number of hydrogen-bond donors (Lipinski definition) is 2. The van der Waals surface area contributed by atoms with Gasteiger partial charge in [-0.15, -0.1) is 0 Å². The van der Waals surface area contributed by atoms with E-state index in [2.05, 4.69) is 15.1 Å². The highest BCUT2D eigenvalue weighted by molar-refractivity contribution is 6.32. The lowest BCUT2D eigenvalue weighted by molar-refractivity contribution is 0.0980. The summed E-state index contributed by atoms with van der Waals surface area (Å²) in [7, 11) is 4.09. The average molecular weight is 421 g/mol. The van der Waals surface area contributed by atoms with Crippen molar-refractivity contribution in [3.05, 3.63) is 52.6 Å². The van der Waals surface area contributed by atoms with E-state index < -0.39 is 0 Å². The van der Waals surface area contributed by atoms with Crippen LogP contribution in [0.15, 0.2) is 30.3 Å². The normalized spacial score (nSPS) is 16.2. The molecule has 0 spiro atoms. The second-order valence-corrected chi connectivity index (χ2v) is 8.80. The van der Waals surface area contributed by atoms with Gasteiger partial charge in [0, 0.05) is 36.4 Å². The van der Waals surface area contributed by atoms with Crippen molar-refractivity contribution in [2.24, 2.45) is 0 Å². The number of carbonyl (C=O) groups excluding carboxylic acids is 2. The lowest BCUT2D eigenvalue weighted by Crippen LogP contribution is -2.29. The molecule has 0 radical (unpaired) electrons. The molecule has 1 aliphatic heterocycles. The van der Waals surface area contributed by atoms with Crippen LogP contribution in [-0.2, 0) is 0 Å². The first kappa shape index (κ1) is 21.4. The first-order valence-electron chi connectivity index (χ1n) is 11.3. The zero-order valence-corrected chi connectivity index (χ0v) is 18.5. The lowest BCUT2D eigenvalue weighted by Gasteiger charge is -2.29. The SMILES string of the molecule is CN(C)CCCNc1cc(N2CCCCCC2)c(N)c2c1C(=O)c1ccccc1C2=O. The molecular weight excluding hydrogens is 388 g/mol. The predicted octanol–water partition coefficient (Wildman–Crippen LogP) is 3.79. The maximum Gasteiger partial charge on any atom is 0.196 e. The Morgan fingerprint density at radius 3 is 2.19 bits per heavy atom.